The molecule has 1 aliphatic rings. The van der Waals surface area contributed by atoms with Crippen molar-refractivity contribution in [2.45, 2.75) is 6.61 Å². The minimum Gasteiger partial charge on any atom is -0.487 e. The third-order valence-electron chi connectivity index (χ3n) is 4.06. The summed E-state index contributed by atoms with van der Waals surface area (Å²) in [7, 11) is 0. The summed E-state index contributed by atoms with van der Waals surface area (Å²) in [5.74, 6) is -0.172. The summed E-state index contributed by atoms with van der Waals surface area (Å²) >= 11 is 9.45. The van der Waals surface area contributed by atoms with E-state index in [9.17, 15) is 9.59 Å². The van der Waals surface area contributed by atoms with Crippen LogP contribution in [0.1, 0.15) is 11.1 Å². The zero-order valence-electron chi connectivity index (χ0n) is 15.2. The van der Waals surface area contributed by atoms with Gasteiger partial charge in [-0.05, 0) is 86.7 Å². The monoisotopic (exact) mass is 630 g/mol. The van der Waals surface area contributed by atoms with Gasteiger partial charge in [-0.25, -0.2) is 0 Å². The zero-order valence-corrected chi connectivity index (χ0v) is 20.3. The van der Waals surface area contributed by atoms with Gasteiger partial charge in [0.1, 0.15) is 17.9 Å². The maximum Gasteiger partial charge on any atom is 0.265 e. The van der Waals surface area contributed by atoms with Crippen molar-refractivity contribution in [3.05, 3.63) is 79.0 Å². The zero-order chi connectivity index (χ0) is 21.0. The lowest BCUT2D eigenvalue weighted by atomic mass is 10.1. The fraction of sp³-hybridized carbons (Fsp3) is 0.0952. The fourth-order valence-corrected chi connectivity index (χ4v) is 5.06. The average Bonchev–Trinajstić information content (AvgIpc) is 2.68. The molecule has 1 aliphatic heterocycles. The Morgan fingerprint density at radius 3 is 2.41 bits per heavy atom. The summed E-state index contributed by atoms with van der Waals surface area (Å²) in [6.45, 7) is 4.32. The van der Waals surface area contributed by atoms with Crippen LogP contribution in [0.2, 0.25) is 0 Å². The van der Waals surface area contributed by atoms with Crippen LogP contribution in [-0.2, 0) is 16.2 Å². The SMILES string of the molecule is C=CCN1C(=O)/C(=C/c2cc(I)c(OCc3ccccc3)c(I)c2)C(=O)NC1=S. The van der Waals surface area contributed by atoms with E-state index in [4.69, 9.17) is 17.0 Å². The summed E-state index contributed by atoms with van der Waals surface area (Å²) in [6, 6.07) is 13.7. The van der Waals surface area contributed by atoms with Gasteiger partial charge in [0, 0.05) is 6.54 Å². The van der Waals surface area contributed by atoms with Gasteiger partial charge in [-0.3, -0.25) is 19.8 Å². The third kappa shape index (κ3) is 5.23. The standard InChI is InChI=1S/C21H16I2N2O3S/c1-2-8-25-20(27)15(19(26)24-21(25)29)9-14-10-16(22)18(17(23)11-14)28-12-13-6-4-3-5-7-13/h2-7,9-11H,1,8,12H2,(H,24,26,29)/b15-9+. The Labute approximate surface area is 201 Å². The molecule has 0 atom stereocenters. The van der Waals surface area contributed by atoms with Crippen molar-refractivity contribution in [3.63, 3.8) is 0 Å². The Kier molecular flexibility index (Phi) is 7.41. The first kappa shape index (κ1) is 21.9. The van der Waals surface area contributed by atoms with Gasteiger partial charge in [-0.2, -0.15) is 0 Å². The molecule has 2 aromatic rings. The third-order valence-corrected chi connectivity index (χ3v) is 5.98. The van der Waals surface area contributed by atoms with Gasteiger partial charge in [0.05, 0.1) is 7.14 Å². The van der Waals surface area contributed by atoms with Crippen LogP contribution in [0.3, 0.4) is 0 Å². The Bertz CT molecular complexity index is 999. The molecule has 148 valence electrons. The molecule has 0 spiro atoms. The summed E-state index contributed by atoms with van der Waals surface area (Å²) in [5.41, 5.74) is 1.84. The first-order chi connectivity index (χ1) is 13.9. The number of rotatable bonds is 6. The Morgan fingerprint density at radius 2 is 1.79 bits per heavy atom. The molecule has 29 heavy (non-hydrogen) atoms. The number of hydrogen-bond acceptors (Lipinski definition) is 4. The molecule has 0 aromatic heterocycles. The Hall–Kier alpha value is -1.79. The van der Waals surface area contributed by atoms with Gasteiger partial charge in [0.25, 0.3) is 11.8 Å². The van der Waals surface area contributed by atoms with Crippen LogP contribution >= 0.6 is 57.4 Å². The van der Waals surface area contributed by atoms with Crippen molar-refractivity contribution in [2.24, 2.45) is 0 Å². The quantitative estimate of drug-likeness (QED) is 0.170. The van der Waals surface area contributed by atoms with E-state index >= 15 is 0 Å². The number of ether oxygens (including phenoxy) is 1. The van der Waals surface area contributed by atoms with Crippen LogP contribution in [0.5, 0.6) is 5.75 Å². The lowest BCUT2D eigenvalue weighted by Crippen LogP contribution is -2.53. The summed E-state index contributed by atoms with van der Waals surface area (Å²) < 4.78 is 7.76. The van der Waals surface area contributed by atoms with Gasteiger partial charge < -0.3 is 4.74 Å². The molecule has 0 bridgehead atoms. The number of amides is 2. The fourth-order valence-electron chi connectivity index (χ4n) is 2.69. The molecule has 1 saturated heterocycles. The van der Waals surface area contributed by atoms with E-state index in [1.54, 1.807) is 12.2 Å². The number of carbonyl (C=O) groups excluding carboxylic acids is 2. The molecule has 1 fully saturated rings. The number of carbonyl (C=O) groups is 2. The van der Waals surface area contributed by atoms with Gasteiger partial charge in [-0.1, -0.05) is 36.4 Å². The molecule has 3 rings (SSSR count). The highest BCUT2D eigenvalue weighted by Gasteiger charge is 2.32. The van der Waals surface area contributed by atoms with Gasteiger partial charge in [0.15, 0.2) is 5.11 Å². The maximum atomic E-state index is 12.7. The molecule has 2 aromatic carbocycles. The molecule has 0 unspecified atom stereocenters. The lowest BCUT2D eigenvalue weighted by Gasteiger charge is -2.27. The number of nitrogens with zero attached hydrogens (tertiary/aromatic N) is 1. The summed E-state index contributed by atoms with van der Waals surface area (Å²) in [6.07, 6.45) is 3.13. The number of nitrogens with one attached hydrogen (secondary N) is 1. The predicted molar refractivity (Wildman–Crippen MR) is 133 cm³/mol. The minimum atomic E-state index is -0.505. The predicted octanol–water partition coefficient (Wildman–Crippen LogP) is 4.29. The van der Waals surface area contributed by atoms with Crippen molar-refractivity contribution < 1.29 is 14.3 Å². The first-order valence-corrected chi connectivity index (χ1v) is 11.1. The normalized spacial score (nSPS) is 15.4. The van der Waals surface area contributed by atoms with Crippen molar-refractivity contribution in [1.82, 2.24) is 10.2 Å². The highest BCUT2D eigenvalue weighted by atomic mass is 127. The van der Waals surface area contributed by atoms with E-state index in [0.29, 0.717) is 6.61 Å². The van der Waals surface area contributed by atoms with Crippen molar-refractivity contribution in [1.29, 1.82) is 0 Å². The molecule has 8 heteroatoms. The largest absolute Gasteiger partial charge is 0.487 e. The van der Waals surface area contributed by atoms with E-state index in [2.05, 4.69) is 57.1 Å². The molecule has 0 radical (unpaired) electrons. The first-order valence-electron chi connectivity index (χ1n) is 8.56. The topological polar surface area (TPSA) is 58.6 Å². The second kappa shape index (κ2) is 9.81. The minimum absolute atomic E-state index is 0.0324. The smallest absolute Gasteiger partial charge is 0.265 e. The molecule has 2 amide bonds. The highest BCUT2D eigenvalue weighted by Crippen LogP contribution is 2.31. The van der Waals surface area contributed by atoms with Crippen LogP contribution in [0.25, 0.3) is 6.08 Å². The van der Waals surface area contributed by atoms with E-state index < -0.39 is 11.8 Å². The van der Waals surface area contributed by atoms with Crippen LogP contribution < -0.4 is 10.1 Å². The summed E-state index contributed by atoms with van der Waals surface area (Å²) in [5, 5.41) is 2.64. The molecule has 0 saturated carbocycles. The molecule has 1 heterocycles. The number of halogens is 2. The summed E-state index contributed by atoms with van der Waals surface area (Å²) in [4.78, 5) is 26.3. The maximum absolute atomic E-state index is 12.7. The average molecular weight is 630 g/mol. The Morgan fingerprint density at radius 1 is 1.14 bits per heavy atom. The second-order valence-corrected chi connectivity index (χ2v) is 8.82. The van der Waals surface area contributed by atoms with E-state index in [-0.39, 0.29) is 17.2 Å². The van der Waals surface area contributed by atoms with Gasteiger partial charge in [0.2, 0.25) is 0 Å². The van der Waals surface area contributed by atoms with Crippen LogP contribution in [0, 0.1) is 7.14 Å². The number of hydrogen-bond donors (Lipinski definition) is 1. The van der Waals surface area contributed by atoms with Crippen LogP contribution in [0.15, 0.2) is 60.7 Å². The number of benzene rings is 2. The van der Waals surface area contributed by atoms with E-state index in [1.807, 2.05) is 42.5 Å². The van der Waals surface area contributed by atoms with Crippen molar-refractivity contribution in [2.75, 3.05) is 6.54 Å². The van der Waals surface area contributed by atoms with Crippen LogP contribution in [0.4, 0.5) is 0 Å². The molecular formula is C21H16I2N2O3S. The van der Waals surface area contributed by atoms with Gasteiger partial charge >= 0.3 is 0 Å². The van der Waals surface area contributed by atoms with Crippen molar-refractivity contribution in [3.8, 4) is 5.75 Å². The van der Waals surface area contributed by atoms with Crippen molar-refractivity contribution >= 4 is 80.4 Å². The van der Waals surface area contributed by atoms with E-state index in [1.165, 1.54) is 4.90 Å². The Balaban J connectivity index is 1.85. The number of thiocarbonyl (C=S) groups is 1. The molecule has 5 nitrogen and oxygen atoms in total. The van der Waals surface area contributed by atoms with E-state index in [0.717, 1.165) is 24.0 Å². The highest BCUT2D eigenvalue weighted by molar-refractivity contribution is 14.1. The molecular weight excluding hydrogens is 614 g/mol. The van der Waals surface area contributed by atoms with Gasteiger partial charge in [-0.15, -0.1) is 6.58 Å². The second-order valence-electron chi connectivity index (χ2n) is 6.11. The molecule has 0 aliphatic carbocycles. The molecule has 1 N–H and O–H groups in total. The van der Waals surface area contributed by atoms with Crippen LogP contribution in [-0.4, -0.2) is 28.4 Å². The lowest BCUT2D eigenvalue weighted by molar-refractivity contribution is -0.128.